The van der Waals surface area contributed by atoms with Crippen molar-refractivity contribution in [3.63, 3.8) is 0 Å². The fraction of sp³-hybridized carbons (Fsp3) is 0.667. The molecular weight excluding hydrogens is 802 g/mol. The van der Waals surface area contributed by atoms with Crippen LogP contribution >= 0.6 is 0 Å². The average molecular weight is 862 g/mol. The molecule has 0 aromatic carbocycles. The molecule has 60 heavy (non-hydrogen) atoms. The van der Waals surface area contributed by atoms with Gasteiger partial charge in [0, 0.05) is 13.1 Å². The summed E-state index contributed by atoms with van der Waals surface area (Å²) in [6.45, 7) is 3.51. The van der Waals surface area contributed by atoms with Crippen LogP contribution in [0, 0.1) is 5.92 Å². The number of aliphatic imine (C=N–C) groups is 2. The lowest BCUT2D eigenvalue weighted by Crippen LogP contribution is -2.61. The lowest BCUT2D eigenvalue weighted by molar-refractivity contribution is -0.144. The molecule has 0 spiro atoms. The van der Waals surface area contributed by atoms with E-state index in [1.165, 1.54) is 0 Å². The predicted octanol–water partition coefficient (Wildman–Crippen LogP) is -7.22. The van der Waals surface area contributed by atoms with Gasteiger partial charge in [-0.25, -0.2) is 4.79 Å². The number of hydrogen-bond acceptors (Lipinski definition) is 14. The fourth-order valence-corrected chi connectivity index (χ4v) is 5.09. The number of nitrogens with zero attached hydrogens (tertiary/aromatic N) is 2. The third-order valence-electron chi connectivity index (χ3n) is 8.11. The van der Waals surface area contributed by atoms with Gasteiger partial charge in [-0.05, 0) is 44.9 Å². The van der Waals surface area contributed by atoms with E-state index in [4.69, 9.17) is 28.7 Å². The van der Waals surface area contributed by atoms with Crippen molar-refractivity contribution in [3.05, 3.63) is 0 Å². The summed E-state index contributed by atoms with van der Waals surface area (Å²) in [5.74, 6) is -12.6. The first kappa shape index (κ1) is 53.6. The molecule has 0 saturated heterocycles. The Hall–Kier alpha value is -6.35. The van der Waals surface area contributed by atoms with E-state index in [2.05, 4.69) is 31.3 Å². The number of amides is 6. The zero-order valence-electron chi connectivity index (χ0n) is 33.5. The number of nitrogens with two attached hydrogens (primary N) is 5. The second-order valence-corrected chi connectivity index (χ2v) is 13.9. The van der Waals surface area contributed by atoms with E-state index in [0.29, 0.717) is 0 Å². The van der Waals surface area contributed by atoms with Crippen LogP contribution in [0.4, 0.5) is 0 Å². The van der Waals surface area contributed by atoms with Crippen LogP contribution in [-0.4, -0.2) is 159 Å². The number of nitrogens with one attached hydrogen (secondary N) is 6. The van der Waals surface area contributed by atoms with E-state index < -0.39 is 121 Å². The number of hydrogen-bond donors (Lipinski definition) is 16. The SMILES string of the molecule is CC(C)C[C@H](NC(=O)[C@H](CC(=O)O)NC(=O)[C@H](CC(=O)O)NC(=O)[C@H](CO)NC(=O)[C@@H](N)CCCN=C(N)N)C(=O)N[C@H](C(=O)N[C@@H](CCCN=C(N)N)C(=O)O)[C@@H](C)O. The van der Waals surface area contributed by atoms with Crippen LogP contribution < -0.4 is 60.6 Å². The number of carbonyl (C=O) groups excluding carboxylic acids is 6. The highest BCUT2D eigenvalue weighted by Gasteiger charge is 2.36. The molecule has 27 nitrogen and oxygen atoms in total. The smallest absolute Gasteiger partial charge is 0.326 e. The van der Waals surface area contributed by atoms with Crippen molar-refractivity contribution in [2.24, 2.45) is 44.6 Å². The van der Waals surface area contributed by atoms with Crippen LogP contribution in [0.2, 0.25) is 0 Å². The molecule has 0 saturated carbocycles. The third-order valence-corrected chi connectivity index (χ3v) is 8.11. The monoisotopic (exact) mass is 861 g/mol. The van der Waals surface area contributed by atoms with Gasteiger partial charge in [0.1, 0.15) is 36.3 Å². The van der Waals surface area contributed by atoms with Crippen LogP contribution in [0.3, 0.4) is 0 Å². The van der Waals surface area contributed by atoms with Gasteiger partial charge in [-0.3, -0.25) is 48.3 Å². The van der Waals surface area contributed by atoms with Gasteiger partial charge in [-0.2, -0.15) is 0 Å². The predicted molar refractivity (Wildman–Crippen MR) is 210 cm³/mol. The summed E-state index contributed by atoms with van der Waals surface area (Å²) < 4.78 is 0. The Kier molecular flexibility index (Phi) is 24.5. The first-order chi connectivity index (χ1) is 27.9. The molecule has 0 aromatic rings. The molecule has 8 atom stereocenters. The number of carbonyl (C=O) groups is 9. The van der Waals surface area contributed by atoms with Crippen LogP contribution in [0.5, 0.6) is 0 Å². The van der Waals surface area contributed by atoms with E-state index in [9.17, 15) is 68.7 Å². The lowest BCUT2D eigenvalue weighted by atomic mass is 10.0. The van der Waals surface area contributed by atoms with Crippen LogP contribution in [0.1, 0.15) is 65.7 Å². The van der Waals surface area contributed by atoms with Gasteiger partial charge in [0.2, 0.25) is 35.4 Å². The maximum Gasteiger partial charge on any atom is 0.326 e. The number of aliphatic carboxylic acids is 3. The van der Waals surface area contributed by atoms with Crippen molar-refractivity contribution >= 4 is 65.3 Å². The van der Waals surface area contributed by atoms with E-state index in [1.54, 1.807) is 13.8 Å². The Bertz CT molecular complexity index is 1570. The second kappa shape index (κ2) is 27.4. The summed E-state index contributed by atoms with van der Waals surface area (Å²) in [5.41, 5.74) is 26.8. The van der Waals surface area contributed by atoms with Gasteiger partial charge < -0.3 is 86.1 Å². The van der Waals surface area contributed by atoms with E-state index >= 15 is 0 Å². The van der Waals surface area contributed by atoms with Crippen molar-refractivity contribution in [2.45, 2.75) is 114 Å². The highest BCUT2D eigenvalue weighted by Crippen LogP contribution is 2.09. The number of guanidine groups is 2. The molecule has 0 unspecified atom stereocenters. The van der Waals surface area contributed by atoms with Crippen LogP contribution in [0.25, 0.3) is 0 Å². The standard InChI is InChI=1S/C33H59N13O14/c1-14(2)10-18(28(56)46-24(15(3)48)30(58)41-17(31(59)60)7-5-9-40-33(37)38)42-26(54)19(11-22(49)50)43-27(55)20(12-23(51)52)44-29(57)21(13-47)45-25(53)16(34)6-4-8-39-32(35)36/h14-21,24,47-48H,4-13,34H2,1-3H3,(H,41,58)(H,42,54)(H,43,55)(H,44,57)(H,45,53)(H,46,56)(H,49,50)(H,51,52)(H,59,60)(H4,35,36,39)(H4,37,38,40)/t15-,16+,17+,18+,19+,20+,21+,24+/m1/s1. The summed E-state index contributed by atoms with van der Waals surface area (Å²) in [7, 11) is 0. The molecule has 0 rings (SSSR count). The van der Waals surface area contributed by atoms with Gasteiger partial charge in [0.25, 0.3) is 0 Å². The topological polar surface area (TPSA) is 482 Å². The molecule has 0 heterocycles. The van der Waals surface area contributed by atoms with Gasteiger partial charge in [0.05, 0.1) is 31.6 Å². The maximum atomic E-state index is 13.5. The van der Waals surface area contributed by atoms with Crippen molar-refractivity contribution in [1.82, 2.24) is 31.9 Å². The van der Waals surface area contributed by atoms with Crippen molar-refractivity contribution in [2.75, 3.05) is 19.7 Å². The Morgan fingerprint density at radius 2 is 0.950 bits per heavy atom. The zero-order valence-corrected chi connectivity index (χ0v) is 33.5. The van der Waals surface area contributed by atoms with Gasteiger partial charge in [-0.15, -0.1) is 0 Å². The Morgan fingerprint density at radius 1 is 0.550 bits per heavy atom. The zero-order chi connectivity index (χ0) is 46.3. The number of aliphatic hydroxyl groups is 2. The van der Waals surface area contributed by atoms with E-state index in [-0.39, 0.29) is 63.0 Å². The Balaban J connectivity index is 6.12. The van der Waals surface area contributed by atoms with Gasteiger partial charge in [-0.1, -0.05) is 13.8 Å². The first-order valence-electron chi connectivity index (χ1n) is 18.5. The summed E-state index contributed by atoms with van der Waals surface area (Å²) in [4.78, 5) is 122. The lowest BCUT2D eigenvalue weighted by Gasteiger charge is -2.28. The summed E-state index contributed by atoms with van der Waals surface area (Å²) in [6, 6.07) is -11.8. The minimum atomic E-state index is -2.01. The molecule has 0 aliphatic rings. The van der Waals surface area contributed by atoms with E-state index in [0.717, 1.165) is 6.92 Å². The number of carboxylic acid groups (broad SMARTS) is 3. The molecule has 0 fully saturated rings. The molecule has 6 amide bonds. The Morgan fingerprint density at radius 3 is 1.35 bits per heavy atom. The molecule has 0 radical (unpaired) electrons. The largest absolute Gasteiger partial charge is 0.481 e. The van der Waals surface area contributed by atoms with Crippen LogP contribution in [-0.2, 0) is 43.2 Å². The van der Waals surface area contributed by atoms with Gasteiger partial charge in [0.15, 0.2) is 11.9 Å². The summed E-state index contributed by atoms with van der Waals surface area (Å²) >= 11 is 0. The van der Waals surface area contributed by atoms with Crippen molar-refractivity contribution in [3.8, 4) is 0 Å². The number of aliphatic hydroxyl groups excluding tert-OH is 2. The molecule has 21 N–H and O–H groups in total. The molecular formula is C33H59N13O14. The third kappa shape index (κ3) is 22.0. The second-order valence-electron chi connectivity index (χ2n) is 13.9. The van der Waals surface area contributed by atoms with E-state index in [1.807, 2.05) is 10.6 Å². The Labute approximate surface area is 344 Å². The normalized spacial score (nSPS) is 14.8. The van der Waals surface area contributed by atoms with Gasteiger partial charge >= 0.3 is 17.9 Å². The highest BCUT2D eigenvalue weighted by molar-refractivity contribution is 5.99. The van der Waals surface area contributed by atoms with Crippen LogP contribution in [0.15, 0.2) is 9.98 Å². The molecule has 0 aliphatic heterocycles. The number of rotatable bonds is 29. The van der Waals surface area contributed by atoms with Crippen molar-refractivity contribution < 1.29 is 68.7 Å². The fourth-order valence-electron chi connectivity index (χ4n) is 5.09. The quantitative estimate of drug-likeness (QED) is 0.0189. The minimum Gasteiger partial charge on any atom is -0.481 e. The average Bonchev–Trinajstić information content (AvgIpc) is 3.13. The molecule has 27 heteroatoms. The maximum absolute atomic E-state index is 13.5. The molecule has 0 aromatic heterocycles. The highest BCUT2D eigenvalue weighted by atomic mass is 16.4. The molecule has 340 valence electrons. The summed E-state index contributed by atoms with van der Waals surface area (Å²) in [6.07, 6.45) is -3.74. The first-order valence-corrected chi connectivity index (χ1v) is 18.5. The minimum absolute atomic E-state index is 0.0395. The molecule has 0 aliphatic carbocycles. The van der Waals surface area contributed by atoms with Crippen molar-refractivity contribution in [1.29, 1.82) is 0 Å². The summed E-state index contributed by atoms with van der Waals surface area (Å²) in [5, 5.41) is 61.6. The number of carboxylic acids is 3. The molecule has 0 bridgehead atoms.